The van der Waals surface area contributed by atoms with Crippen LogP contribution in [0.5, 0.6) is 0 Å². The highest BCUT2D eigenvalue weighted by Crippen LogP contribution is 2.30. The lowest BCUT2D eigenvalue weighted by atomic mass is 9.95. The van der Waals surface area contributed by atoms with Crippen molar-refractivity contribution in [2.24, 2.45) is 5.92 Å². The fraction of sp³-hybridized carbons (Fsp3) is 0.500. The number of nitrogens with one attached hydrogen (secondary N) is 1. The van der Waals surface area contributed by atoms with Crippen molar-refractivity contribution in [2.45, 2.75) is 32.2 Å². The molecule has 80 valence electrons. The maximum Gasteiger partial charge on any atom is 0.223 e. The molecule has 3 heteroatoms. The zero-order valence-corrected chi connectivity index (χ0v) is 9.16. The smallest absolute Gasteiger partial charge is 0.223 e. The Morgan fingerprint density at radius 1 is 1.40 bits per heavy atom. The number of amides is 1. The van der Waals surface area contributed by atoms with Crippen molar-refractivity contribution >= 4 is 5.91 Å². The fourth-order valence-electron chi connectivity index (χ4n) is 1.60. The number of nitrogens with zero attached hydrogens (tertiary/aromatic N) is 1. The summed E-state index contributed by atoms with van der Waals surface area (Å²) >= 11 is 0. The summed E-state index contributed by atoms with van der Waals surface area (Å²) in [5.41, 5.74) is 0.786. The average molecular weight is 204 g/mol. The zero-order valence-electron chi connectivity index (χ0n) is 9.16. The normalized spacial score (nSPS) is 16.1. The summed E-state index contributed by atoms with van der Waals surface area (Å²) in [6.07, 6.45) is 5.58. The van der Waals surface area contributed by atoms with Gasteiger partial charge in [-0.15, -0.1) is 0 Å². The summed E-state index contributed by atoms with van der Waals surface area (Å²) in [7, 11) is 0. The van der Waals surface area contributed by atoms with Crippen LogP contribution in [0.4, 0.5) is 0 Å². The largest absolute Gasteiger partial charge is 0.347 e. The van der Waals surface area contributed by atoms with Crippen LogP contribution in [0.2, 0.25) is 0 Å². The molecule has 0 atom stereocenters. The molecule has 1 saturated carbocycles. The van der Waals surface area contributed by atoms with Gasteiger partial charge in [0.15, 0.2) is 0 Å². The molecule has 1 aromatic rings. The number of pyridine rings is 1. The van der Waals surface area contributed by atoms with Crippen LogP contribution in [-0.4, -0.2) is 10.9 Å². The van der Waals surface area contributed by atoms with Crippen molar-refractivity contribution < 1.29 is 4.79 Å². The van der Waals surface area contributed by atoms with Gasteiger partial charge in [0.25, 0.3) is 0 Å². The first-order valence-electron chi connectivity index (χ1n) is 5.32. The van der Waals surface area contributed by atoms with Gasteiger partial charge in [0.05, 0.1) is 5.54 Å². The Balaban J connectivity index is 2.08. The second-order valence-corrected chi connectivity index (χ2v) is 4.62. The third-order valence-electron chi connectivity index (χ3n) is 2.79. The SMILES string of the molecule is CC(C)(NC(=O)C1CC1)c1ccncc1. The van der Waals surface area contributed by atoms with E-state index in [2.05, 4.69) is 10.3 Å². The number of carbonyl (C=O) groups is 1. The van der Waals surface area contributed by atoms with Crippen LogP contribution in [-0.2, 0) is 10.3 Å². The lowest BCUT2D eigenvalue weighted by Gasteiger charge is -2.26. The monoisotopic (exact) mass is 204 g/mol. The predicted octanol–water partition coefficient (Wildman–Crippen LogP) is 1.84. The van der Waals surface area contributed by atoms with Gasteiger partial charge in [0, 0.05) is 18.3 Å². The molecule has 0 aromatic carbocycles. The Labute approximate surface area is 89.9 Å². The highest BCUT2D eigenvalue weighted by Gasteiger charge is 2.33. The summed E-state index contributed by atoms with van der Waals surface area (Å²) in [5.74, 6) is 0.433. The first-order valence-corrected chi connectivity index (χ1v) is 5.32. The summed E-state index contributed by atoms with van der Waals surface area (Å²) in [4.78, 5) is 15.6. The molecule has 1 heterocycles. The van der Waals surface area contributed by atoms with Gasteiger partial charge in [-0.05, 0) is 44.4 Å². The molecule has 0 aliphatic heterocycles. The molecule has 0 spiro atoms. The molecule has 0 saturated heterocycles. The minimum absolute atomic E-state index is 0.178. The molecule has 3 nitrogen and oxygen atoms in total. The molecular formula is C12H16N2O. The molecule has 1 amide bonds. The number of hydrogen-bond acceptors (Lipinski definition) is 2. The van der Waals surface area contributed by atoms with E-state index >= 15 is 0 Å². The Hall–Kier alpha value is -1.38. The second kappa shape index (κ2) is 3.65. The average Bonchev–Trinajstić information content (AvgIpc) is 3.01. The molecule has 15 heavy (non-hydrogen) atoms. The lowest BCUT2D eigenvalue weighted by Crippen LogP contribution is -2.41. The molecule has 0 unspecified atom stereocenters. The van der Waals surface area contributed by atoms with Crippen LogP contribution < -0.4 is 5.32 Å². The van der Waals surface area contributed by atoms with Crippen molar-refractivity contribution in [3.63, 3.8) is 0 Å². The van der Waals surface area contributed by atoms with E-state index < -0.39 is 0 Å². The number of rotatable bonds is 3. The Morgan fingerprint density at radius 3 is 2.53 bits per heavy atom. The Morgan fingerprint density at radius 2 is 2.00 bits per heavy atom. The molecule has 1 aromatic heterocycles. The van der Waals surface area contributed by atoms with Gasteiger partial charge >= 0.3 is 0 Å². The third-order valence-corrected chi connectivity index (χ3v) is 2.79. The zero-order chi connectivity index (χ0) is 10.9. The van der Waals surface area contributed by atoms with Crippen LogP contribution in [0, 0.1) is 5.92 Å². The summed E-state index contributed by atoms with van der Waals surface area (Å²) in [6.45, 7) is 4.03. The molecule has 0 radical (unpaired) electrons. The van der Waals surface area contributed by atoms with Crippen LogP contribution in [0.15, 0.2) is 24.5 Å². The van der Waals surface area contributed by atoms with Crippen LogP contribution in [0.1, 0.15) is 32.3 Å². The topological polar surface area (TPSA) is 42.0 Å². The first-order chi connectivity index (χ1) is 7.09. The standard InChI is InChI=1S/C12H16N2O/c1-12(2,10-5-7-13-8-6-10)14-11(15)9-3-4-9/h5-9H,3-4H2,1-2H3,(H,14,15). The van der Waals surface area contributed by atoms with E-state index in [1.165, 1.54) is 0 Å². The van der Waals surface area contributed by atoms with E-state index in [1.807, 2.05) is 26.0 Å². The number of aromatic nitrogens is 1. The van der Waals surface area contributed by atoms with Gasteiger partial charge in [0.1, 0.15) is 0 Å². The molecule has 1 aliphatic carbocycles. The summed E-state index contributed by atoms with van der Waals surface area (Å²) in [5, 5.41) is 3.07. The molecule has 1 aliphatic rings. The Kier molecular flexibility index (Phi) is 2.47. The predicted molar refractivity (Wildman–Crippen MR) is 58.1 cm³/mol. The van der Waals surface area contributed by atoms with E-state index in [4.69, 9.17) is 0 Å². The maximum atomic E-state index is 11.7. The summed E-state index contributed by atoms with van der Waals surface area (Å²) < 4.78 is 0. The van der Waals surface area contributed by atoms with E-state index in [9.17, 15) is 4.79 Å². The quantitative estimate of drug-likeness (QED) is 0.816. The van der Waals surface area contributed by atoms with Gasteiger partial charge in [-0.3, -0.25) is 9.78 Å². The minimum atomic E-state index is -0.303. The molecule has 1 fully saturated rings. The number of carbonyl (C=O) groups excluding carboxylic acids is 1. The van der Waals surface area contributed by atoms with Crippen LogP contribution in [0.3, 0.4) is 0 Å². The molecule has 1 N–H and O–H groups in total. The van der Waals surface area contributed by atoms with Gasteiger partial charge < -0.3 is 5.32 Å². The highest BCUT2D eigenvalue weighted by atomic mass is 16.2. The molecule has 2 rings (SSSR count). The fourth-order valence-corrected chi connectivity index (χ4v) is 1.60. The van der Waals surface area contributed by atoms with Crippen molar-refractivity contribution in [1.82, 2.24) is 10.3 Å². The van der Waals surface area contributed by atoms with Gasteiger partial charge in [-0.25, -0.2) is 0 Å². The van der Waals surface area contributed by atoms with E-state index in [0.29, 0.717) is 0 Å². The third kappa shape index (κ3) is 2.35. The molecule has 0 bridgehead atoms. The minimum Gasteiger partial charge on any atom is -0.347 e. The van der Waals surface area contributed by atoms with Crippen molar-refractivity contribution in [3.05, 3.63) is 30.1 Å². The van der Waals surface area contributed by atoms with E-state index in [-0.39, 0.29) is 17.4 Å². The van der Waals surface area contributed by atoms with Crippen molar-refractivity contribution in [3.8, 4) is 0 Å². The van der Waals surface area contributed by atoms with E-state index in [0.717, 1.165) is 18.4 Å². The van der Waals surface area contributed by atoms with Crippen molar-refractivity contribution in [1.29, 1.82) is 0 Å². The lowest BCUT2D eigenvalue weighted by molar-refractivity contribution is -0.124. The maximum absolute atomic E-state index is 11.7. The number of hydrogen-bond donors (Lipinski definition) is 1. The second-order valence-electron chi connectivity index (χ2n) is 4.62. The van der Waals surface area contributed by atoms with Gasteiger partial charge in [0.2, 0.25) is 5.91 Å². The Bertz CT molecular complexity index is 355. The van der Waals surface area contributed by atoms with Crippen LogP contribution in [0.25, 0.3) is 0 Å². The molecular weight excluding hydrogens is 188 g/mol. The summed E-state index contributed by atoms with van der Waals surface area (Å²) in [6, 6.07) is 3.88. The highest BCUT2D eigenvalue weighted by molar-refractivity contribution is 5.81. The van der Waals surface area contributed by atoms with Gasteiger partial charge in [-0.2, -0.15) is 0 Å². The first kappa shape index (κ1) is 10.1. The van der Waals surface area contributed by atoms with Crippen molar-refractivity contribution in [2.75, 3.05) is 0 Å². The van der Waals surface area contributed by atoms with E-state index in [1.54, 1.807) is 12.4 Å². The van der Waals surface area contributed by atoms with Gasteiger partial charge in [-0.1, -0.05) is 0 Å². The van der Waals surface area contributed by atoms with Crippen LogP contribution >= 0.6 is 0 Å².